The molecule has 25 heavy (non-hydrogen) atoms. The first-order valence-corrected chi connectivity index (χ1v) is 8.04. The van der Waals surface area contributed by atoms with Crippen molar-refractivity contribution in [3.63, 3.8) is 0 Å². The summed E-state index contributed by atoms with van der Waals surface area (Å²) in [5.41, 5.74) is 0.338. The smallest absolute Gasteiger partial charge is 0.328 e. The molecule has 1 amide bonds. The molecule has 0 spiro atoms. The Morgan fingerprint density at radius 3 is 2.92 bits per heavy atom. The van der Waals surface area contributed by atoms with E-state index in [1.54, 1.807) is 12.1 Å². The number of aryl methyl sites for hydroxylation is 2. The highest BCUT2D eigenvalue weighted by Gasteiger charge is 2.11. The molecule has 0 aliphatic carbocycles. The molecule has 3 aromatic rings. The Bertz CT molecular complexity index is 1050. The fraction of sp³-hybridized carbons (Fsp3) is 0.250. The van der Waals surface area contributed by atoms with E-state index >= 15 is 0 Å². The fourth-order valence-corrected chi connectivity index (χ4v) is 2.60. The molecular formula is C16H16ClN5O3. The number of nitrogens with zero attached hydrogens (tertiary/aromatic N) is 2. The van der Waals surface area contributed by atoms with Crippen molar-refractivity contribution in [3.8, 4) is 0 Å². The van der Waals surface area contributed by atoms with Gasteiger partial charge in [0, 0.05) is 31.2 Å². The molecule has 1 aromatic carbocycles. The average Bonchev–Trinajstić information content (AvgIpc) is 2.96. The summed E-state index contributed by atoms with van der Waals surface area (Å²) in [5, 5.41) is 3.30. The molecule has 9 heteroatoms. The number of amides is 1. The van der Waals surface area contributed by atoms with Crippen LogP contribution in [0.5, 0.6) is 0 Å². The van der Waals surface area contributed by atoms with Crippen molar-refractivity contribution >= 4 is 28.5 Å². The maximum Gasteiger partial charge on any atom is 0.328 e. The molecule has 0 aliphatic rings. The Morgan fingerprint density at radius 2 is 2.12 bits per heavy atom. The van der Waals surface area contributed by atoms with Crippen LogP contribution in [-0.2, 0) is 13.5 Å². The van der Waals surface area contributed by atoms with Crippen molar-refractivity contribution in [1.29, 1.82) is 0 Å². The molecule has 0 radical (unpaired) electrons. The number of hydrogen-bond acceptors (Lipinski definition) is 4. The number of carbonyl (C=O) groups excluding carboxylic acids is 1. The van der Waals surface area contributed by atoms with Crippen molar-refractivity contribution in [2.45, 2.75) is 12.8 Å². The standard InChI is InChI=1S/C16H16ClN5O3/c1-22-8-10(15(24)21-16(22)25)14(23)18-6-2-3-13-19-11-5-4-9(17)7-12(11)20-13/h4-5,7-8H,2-3,6H2,1H3,(H,18,23)(H,19,20)(H,21,24,25). The molecule has 130 valence electrons. The van der Waals surface area contributed by atoms with Gasteiger partial charge in [0.25, 0.3) is 11.5 Å². The molecule has 0 atom stereocenters. The summed E-state index contributed by atoms with van der Waals surface area (Å²) in [7, 11) is 1.46. The molecule has 0 saturated carbocycles. The van der Waals surface area contributed by atoms with E-state index in [4.69, 9.17) is 11.6 Å². The van der Waals surface area contributed by atoms with Gasteiger partial charge in [0.2, 0.25) is 0 Å². The second-order valence-electron chi connectivity index (χ2n) is 5.62. The zero-order valence-electron chi connectivity index (χ0n) is 13.4. The number of imidazole rings is 1. The average molecular weight is 362 g/mol. The summed E-state index contributed by atoms with van der Waals surface area (Å²) in [5.74, 6) is 0.278. The fourth-order valence-electron chi connectivity index (χ4n) is 2.43. The van der Waals surface area contributed by atoms with Crippen molar-refractivity contribution < 1.29 is 4.79 Å². The number of H-pyrrole nitrogens is 2. The highest BCUT2D eigenvalue weighted by molar-refractivity contribution is 6.31. The quantitative estimate of drug-likeness (QED) is 0.587. The summed E-state index contributed by atoms with van der Waals surface area (Å²) in [6, 6.07) is 5.42. The summed E-state index contributed by atoms with van der Waals surface area (Å²) in [6.07, 6.45) is 2.50. The van der Waals surface area contributed by atoms with Crippen molar-refractivity contribution in [2.75, 3.05) is 6.54 Å². The third-order valence-corrected chi connectivity index (χ3v) is 3.96. The normalized spacial score (nSPS) is 11.0. The van der Waals surface area contributed by atoms with Crippen LogP contribution in [0.1, 0.15) is 22.6 Å². The highest BCUT2D eigenvalue weighted by atomic mass is 35.5. The molecule has 2 aromatic heterocycles. The molecule has 3 N–H and O–H groups in total. The number of aromatic amines is 2. The minimum Gasteiger partial charge on any atom is -0.352 e. The van der Waals surface area contributed by atoms with Crippen LogP contribution in [0, 0.1) is 0 Å². The second-order valence-corrected chi connectivity index (χ2v) is 6.05. The van der Waals surface area contributed by atoms with E-state index in [0.29, 0.717) is 24.4 Å². The molecule has 0 unspecified atom stereocenters. The Hall–Kier alpha value is -2.87. The van der Waals surface area contributed by atoms with Crippen LogP contribution in [0.3, 0.4) is 0 Å². The predicted octanol–water partition coefficient (Wildman–Crippen LogP) is 0.966. The zero-order valence-corrected chi connectivity index (χ0v) is 14.2. The Kier molecular flexibility index (Phi) is 4.71. The Morgan fingerprint density at radius 1 is 1.32 bits per heavy atom. The molecular weight excluding hydrogens is 346 g/mol. The maximum atomic E-state index is 12.0. The number of aromatic nitrogens is 4. The van der Waals surface area contributed by atoms with Crippen LogP contribution >= 0.6 is 11.6 Å². The van der Waals surface area contributed by atoms with Gasteiger partial charge < -0.3 is 14.9 Å². The van der Waals surface area contributed by atoms with Crippen LogP contribution in [0.2, 0.25) is 5.02 Å². The summed E-state index contributed by atoms with van der Waals surface area (Å²) in [4.78, 5) is 44.7. The van der Waals surface area contributed by atoms with E-state index in [0.717, 1.165) is 21.4 Å². The van der Waals surface area contributed by atoms with Crippen LogP contribution in [-0.4, -0.2) is 32.0 Å². The van der Waals surface area contributed by atoms with Gasteiger partial charge in [-0.05, 0) is 24.6 Å². The number of rotatable bonds is 5. The minimum atomic E-state index is -0.699. The molecule has 8 nitrogen and oxygen atoms in total. The minimum absolute atomic E-state index is 0.0968. The number of fused-ring (bicyclic) bond motifs is 1. The first-order chi connectivity index (χ1) is 11.9. The number of nitrogens with one attached hydrogen (secondary N) is 3. The summed E-state index contributed by atoms with van der Waals surface area (Å²) < 4.78 is 1.15. The lowest BCUT2D eigenvalue weighted by Gasteiger charge is -2.05. The Labute approximate surface area is 146 Å². The van der Waals surface area contributed by atoms with E-state index in [1.165, 1.54) is 13.2 Å². The number of carbonyl (C=O) groups is 1. The number of benzene rings is 1. The zero-order chi connectivity index (χ0) is 18.0. The van der Waals surface area contributed by atoms with Crippen LogP contribution in [0.15, 0.2) is 34.0 Å². The van der Waals surface area contributed by atoms with Gasteiger partial charge in [-0.3, -0.25) is 14.6 Å². The van der Waals surface area contributed by atoms with Crippen LogP contribution in [0.25, 0.3) is 11.0 Å². The molecule has 0 saturated heterocycles. The third-order valence-electron chi connectivity index (χ3n) is 3.72. The summed E-state index contributed by atoms with van der Waals surface area (Å²) >= 11 is 5.94. The maximum absolute atomic E-state index is 12.0. The lowest BCUT2D eigenvalue weighted by molar-refractivity contribution is 0.0950. The lowest BCUT2D eigenvalue weighted by atomic mass is 10.2. The van der Waals surface area contributed by atoms with Gasteiger partial charge >= 0.3 is 5.69 Å². The molecule has 3 rings (SSSR count). The van der Waals surface area contributed by atoms with Gasteiger partial charge in [0.1, 0.15) is 11.4 Å². The SMILES string of the molecule is Cn1cc(C(=O)NCCCc2nc3ccc(Cl)cc3[nH]2)c(=O)[nH]c1=O. The van der Waals surface area contributed by atoms with Crippen molar-refractivity contribution in [2.24, 2.45) is 7.05 Å². The number of halogens is 1. The van der Waals surface area contributed by atoms with Crippen LogP contribution in [0.4, 0.5) is 0 Å². The lowest BCUT2D eigenvalue weighted by Crippen LogP contribution is -2.36. The predicted molar refractivity (Wildman–Crippen MR) is 94.1 cm³/mol. The molecule has 0 aliphatic heterocycles. The Balaban J connectivity index is 1.57. The van der Waals surface area contributed by atoms with Gasteiger partial charge in [-0.2, -0.15) is 0 Å². The second kappa shape index (κ2) is 6.94. The van der Waals surface area contributed by atoms with Crippen molar-refractivity contribution in [3.05, 3.63) is 61.6 Å². The third kappa shape index (κ3) is 3.80. The molecule has 2 heterocycles. The number of hydrogen-bond donors (Lipinski definition) is 3. The van der Waals surface area contributed by atoms with E-state index in [-0.39, 0.29) is 5.56 Å². The monoisotopic (exact) mass is 361 g/mol. The highest BCUT2D eigenvalue weighted by Crippen LogP contribution is 2.17. The topological polar surface area (TPSA) is 113 Å². The van der Waals surface area contributed by atoms with E-state index in [9.17, 15) is 14.4 Å². The first-order valence-electron chi connectivity index (χ1n) is 7.66. The molecule has 0 fully saturated rings. The van der Waals surface area contributed by atoms with Gasteiger partial charge in [-0.25, -0.2) is 9.78 Å². The van der Waals surface area contributed by atoms with Crippen molar-refractivity contribution in [1.82, 2.24) is 24.8 Å². The largest absolute Gasteiger partial charge is 0.352 e. The van der Waals surface area contributed by atoms with Gasteiger partial charge in [-0.15, -0.1) is 0 Å². The van der Waals surface area contributed by atoms with Gasteiger partial charge in [0.05, 0.1) is 11.0 Å². The van der Waals surface area contributed by atoms with Gasteiger partial charge in [-0.1, -0.05) is 11.6 Å². The van der Waals surface area contributed by atoms with E-state index in [2.05, 4.69) is 20.3 Å². The molecule has 0 bridgehead atoms. The van der Waals surface area contributed by atoms with E-state index < -0.39 is 17.2 Å². The van der Waals surface area contributed by atoms with Gasteiger partial charge in [0.15, 0.2) is 0 Å². The van der Waals surface area contributed by atoms with E-state index in [1.807, 2.05) is 6.07 Å². The summed E-state index contributed by atoms with van der Waals surface area (Å²) in [6.45, 7) is 0.374. The first kappa shape index (κ1) is 17.0. The van der Waals surface area contributed by atoms with Crippen LogP contribution < -0.4 is 16.6 Å².